The van der Waals surface area contributed by atoms with Gasteiger partial charge in [-0.15, -0.1) is 0 Å². The maximum Gasteiger partial charge on any atom is 0.0834 e. The van der Waals surface area contributed by atoms with Gasteiger partial charge in [0.2, 0.25) is 0 Å². The van der Waals surface area contributed by atoms with Gasteiger partial charge in [0.05, 0.1) is 17.9 Å². The first-order valence-corrected chi connectivity index (χ1v) is 6.74. The number of nitrogens with zero attached hydrogens (tertiary/aromatic N) is 3. The number of nitrogens with one attached hydrogen (secondary N) is 1. The van der Waals surface area contributed by atoms with E-state index in [2.05, 4.69) is 43.1 Å². The Balaban J connectivity index is 2.16. The van der Waals surface area contributed by atoms with Crippen molar-refractivity contribution in [3.63, 3.8) is 0 Å². The molecule has 0 fully saturated rings. The molecule has 0 bridgehead atoms. The van der Waals surface area contributed by atoms with Crippen molar-refractivity contribution in [2.75, 3.05) is 0 Å². The standard InChI is InChI=1S/C15H22N4/c1-11(2)17-9-15-12(3)18-19(13(15)4)10-14-7-5-6-8-16-14/h5-8,11,17H,9-10H2,1-4H3. The molecular formula is C15H22N4. The largest absolute Gasteiger partial charge is 0.310 e. The lowest BCUT2D eigenvalue weighted by Gasteiger charge is -2.09. The van der Waals surface area contributed by atoms with E-state index in [1.165, 1.54) is 11.3 Å². The van der Waals surface area contributed by atoms with Gasteiger partial charge in [0, 0.05) is 30.0 Å². The van der Waals surface area contributed by atoms with Crippen LogP contribution >= 0.6 is 0 Å². The lowest BCUT2D eigenvalue weighted by atomic mass is 10.2. The number of pyridine rings is 1. The van der Waals surface area contributed by atoms with Crippen LogP contribution in [0.2, 0.25) is 0 Å². The van der Waals surface area contributed by atoms with Gasteiger partial charge in [0.25, 0.3) is 0 Å². The van der Waals surface area contributed by atoms with Crippen LogP contribution < -0.4 is 5.32 Å². The first kappa shape index (κ1) is 13.7. The van der Waals surface area contributed by atoms with Crippen molar-refractivity contribution < 1.29 is 0 Å². The number of rotatable bonds is 5. The SMILES string of the molecule is Cc1nn(Cc2ccccn2)c(C)c1CNC(C)C. The van der Waals surface area contributed by atoms with Gasteiger partial charge in [-0.05, 0) is 26.0 Å². The Morgan fingerprint density at radius 3 is 2.68 bits per heavy atom. The van der Waals surface area contributed by atoms with Gasteiger partial charge in [-0.2, -0.15) is 5.10 Å². The van der Waals surface area contributed by atoms with Crippen LogP contribution in [0.15, 0.2) is 24.4 Å². The highest BCUT2D eigenvalue weighted by atomic mass is 15.3. The summed E-state index contributed by atoms with van der Waals surface area (Å²) >= 11 is 0. The van der Waals surface area contributed by atoms with E-state index in [0.717, 1.165) is 24.5 Å². The Labute approximate surface area is 114 Å². The molecule has 0 saturated heterocycles. The van der Waals surface area contributed by atoms with Crippen molar-refractivity contribution in [2.24, 2.45) is 0 Å². The highest BCUT2D eigenvalue weighted by Gasteiger charge is 2.12. The third-order valence-electron chi connectivity index (χ3n) is 3.26. The molecule has 4 heteroatoms. The molecule has 2 heterocycles. The van der Waals surface area contributed by atoms with Crippen LogP contribution in [0.1, 0.15) is 36.5 Å². The molecule has 0 aliphatic carbocycles. The Morgan fingerprint density at radius 1 is 1.26 bits per heavy atom. The fourth-order valence-corrected chi connectivity index (χ4v) is 2.10. The van der Waals surface area contributed by atoms with E-state index in [1.807, 2.05) is 29.1 Å². The normalized spacial score (nSPS) is 11.2. The summed E-state index contributed by atoms with van der Waals surface area (Å²) in [6.45, 7) is 10.1. The van der Waals surface area contributed by atoms with Crippen LogP contribution in [-0.4, -0.2) is 20.8 Å². The fourth-order valence-electron chi connectivity index (χ4n) is 2.10. The molecule has 1 N–H and O–H groups in total. The predicted molar refractivity (Wildman–Crippen MR) is 77.0 cm³/mol. The summed E-state index contributed by atoms with van der Waals surface area (Å²) in [6, 6.07) is 6.46. The van der Waals surface area contributed by atoms with Gasteiger partial charge in [0.15, 0.2) is 0 Å². The van der Waals surface area contributed by atoms with Crippen molar-refractivity contribution in [1.29, 1.82) is 0 Å². The molecule has 2 aromatic rings. The summed E-state index contributed by atoms with van der Waals surface area (Å²) < 4.78 is 2.04. The van der Waals surface area contributed by atoms with Gasteiger partial charge in [-0.1, -0.05) is 19.9 Å². The zero-order valence-electron chi connectivity index (χ0n) is 12.1. The monoisotopic (exact) mass is 258 g/mol. The van der Waals surface area contributed by atoms with E-state index in [4.69, 9.17) is 0 Å². The molecule has 0 aliphatic rings. The van der Waals surface area contributed by atoms with E-state index in [1.54, 1.807) is 0 Å². The highest BCUT2D eigenvalue weighted by molar-refractivity contribution is 5.25. The summed E-state index contributed by atoms with van der Waals surface area (Å²) in [5, 5.41) is 8.07. The topological polar surface area (TPSA) is 42.7 Å². The average molecular weight is 258 g/mol. The zero-order chi connectivity index (χ0) is 13.8. The minimum atomic E-state index is 0.484. The quantitative estimate of drug-likeness (QED) is 0.895. The molecule has 0 spiro atoms. The number of aryl methyl sites for hydroxylation is 1. The second-order valence-corrected chi connectivity index (χ2v) is 5.16. The minimum Gasteiger partial charge on any atom is -0.310 e. The molecule has 2 rings (SSSR count). The first-order valence-electron chi connectivity index (χ1n) is 6.74. The lowest BCUT2D eigenvalue weighted by molar-refractivity contribution is 0.584. The van der Waals surface area contributed by atoms with Gasteiger partial charge in [-0.3, -0.25) is 9.67 Å². The van der Waals surface area contributed by atoms with Crippen LogP contribution in [0.4, 0.5) is 0 Å². The third kappa shape index (κ3) is 3.41. The van der Waals surface area contributed by atoms with Crippen LogP contribution in [0, 0.1) is 13.8 Å². The Kier molecular flexibility index (Phi) is 4.32. The van der Waals surface area contributed by atoms with Crippen molar-refractivity contribution >= 4 is 0 Å². The summed E-state index contributed by atoms with van der Waals surface area (Å²) in [5.41, 5.74) is 4.65. The molecule has 102 valence electrons. The van der Waals surface area contributed by atoms with Gasteiger partial charge in [-0.25, -0.2) is 0 Å². The molecule has 0 aromatic carbocycles. The number of aromatic nitrogens is 3. The van der Waals surface area contributed by atoms with E-state index < -0.39 is 0 Å². The van der Waals surface area contributed by atoms with Crippen LogP contribution in [-0.2, 0) is 13.1 Å². The molecule has 19 heavy (non-hydrogen) atoms. The second kappa shape index (κ2) is 5.97. The Bertz CT molecular complexity index is 529. The zero-order valence-corrected chi connectivity index (χ0v) is 12.1. The summed E-state index contributed by atoms with van der Waals surface area (Å²) in [5.74, 6) is 0. The van der Waals surface area contributed by atoms with Crippen molar-refractivity contribution in [1.82, 2.24) is 20.1 Å². The van der Waals surface area contributed by atoms with E-state index in [-0.39, 0.29) is 0 Å². The number of hydrogen-bond acceptors (Lipinski definition) is 3. The molecule has 0 radical (unpaired) electrons. The average Bonchev–Trinajstić information content (AvgIpc) is 2.63. The summed E-state index contributed by atoms with van der Waals surface area (Å²) in [7, 11) is 0. The molecule has 0 unspecified atom stereocenters. The Morgan fingerprint density at radius 2 is 2.05 bits per heavy atom. The molecule has 0 aliphatic heterocycles. The molecule has 0 atom stereocenters. The van der Waals surface area contributed by atoms with Crippen molar-refractivity contribution in [3.8, 4) is 0 Å². The smallest absolute Gasteiger partial charge is 0.0834 e. The first-order chi connectivity index (χ1) is 9.08. The van der Waals surface area contributed by atoms with Crippen LogP contribution in [0.3, 0.4) is 0 Å². The van der Waals surface area contributed by atoms with Crippen molar-refractivity contribution in [3.05, 3.63) is 47.0 Å². The van der Waals surface area contributed by atoms with Crippen LogP contribution in [0.25, 0.3) is 0 Å². The second-order valence-electron chi connectivity index (χ2n) is 5.16. The minimum absolute atomic E-state index is 0.484. The molecular weight excluding hydrogens is 236 g/mol. The van der Waals surface area contributed by atoms with Gasteiger partial charge >= 0.3 is 0 Å². The third-order valence-corrected chi connectivity index (χ3v) is 3.26. The van der Waals surface area contributed by atoms with Crippen LogP contribution in [0.5, 0.6) is 0 Å². The highest BCUT2D eigenvalue weighted by Crippen LogP contribution is 2.14. The fraction of sp³-hybridized carbons (Fsp3) is 0.467. The van der Waals surface area contributed by atoms with E-state index >= 15 is 0 Å². The molecule has 0 saturated carbocycles. The summed E-state index contributed by atoms with van der Waals surface area (Å²) in [4.78, 5) is 4.35. The van der Waals surface area contributed by atoms with E-state index in [0.29, 0.717) is 6.04 Å². The van der Waals surface area contributed by atoms with Crippen molar-refractivity contribution in [2.45, 2.75) is 46.8 Å². The Hall–Kier alpha value is -1.68. The van der Waals surface area contributed by atoms with Gasteiger partial charge < -0.3 is 5.32 Å². The molecule has 4 nitrogen and oxygen atoms in total. The lowest BCUT2D eigenvalue weighted by Crippen LogP contribution is -2.22. The van der Waals surface area contributed by atoms with E-state index in [9.17, 15) is 0 Å². The number of hydrogen-bond donors (Lipinski definition) is 1. The maximum atomic E-state index is 4.62. The maximum absolute atomic E-state index is 4.62. The summed E-state index contributed by atoms with van der Waals surface area (Å²) in [6.07, 6.45) is 1.82. The predicted octanol–water partition coefficient (Wildman–Crippen LogP) is 2.44. The molecule has 0 amide bonds. The van der Waals surface area contributed by atoms with Gasteiger partial charge in [0.1, 0.15) is 0 Å². The molecule has 2 aromatic heterocycles.